The summed E-state index contributed by atoms with van der Waals surface area (Å²) in [7, 11) is 0. The minimum Gasteiger partial charge on any atom is -0.368 e. The normalized spacial score (nSPS) is 15.0. The second kappa shape index (κ2) is 7.13. The molecule has 128 valence electrons. The molecule has 1 aliphatic carbocycles. The Morgan fingerprint density at radius 1 is 1.33 bits per heavy atom. The van der Waals surface area contributed by atoms with E-state index in [-0.39, 0.29) is 18.6 Å². The van der Waals surface area contributed by atoms with Crippen LogP contribution in [0.4, 0.5) is 10.1 Å². The molecule has 3 rings (SSSR count). The maximum Gasteiger partial charge on any atom is 0.250 e. The lowest BCUT2D eigenvalue weighted by atomic mass is 10.2. The second-order valence-corrected chi connectivity index (χ2v) is 6.27. The van der Waals surface area contributed by atoms with Gasteiger partial charge < -0.3 is 10.1 Å². The van der Waals surface area contributed by atoms with E-state index in [0.29, 0.717) is 11.4 Å². The molecule has 0 unspecified atom stereocenters. The molecule has 1 N–H and O–H groups in total. The van der Waals surface area contributed by atoms with E-state index in [0.717, 1.165) is 37.1 Å². The van der Waals surface area contributed by atoms with Gasteiger partial charge in [-0.05, 0) is 51.0 Å². The second-order valence-electron chi connectivity index (χ2n) is 6.27. The Morgan fingerprint density at radius 2 is 2.08 bits per heavy atom. The highest BCUT2D eigenvalue weighted by Gasteiger charge is 2.17. The van der Waals surface area contributed by atoms with Crippen molar-refractivity contribution in [3.8, 4) is 5.69 Å². The summed E-state index contributed by atoms with van der Waals surface area (Å²) in [6, 6.07) is 6.47. The Morgan fingerprint density at radius 3 is 2.71 bits per heavy atom. The third kappa shape index (κ3) is 3.82. The van der Waals surface area contributed by atoms with Crippen LogP contribution in [0.1, 0.15) is 37.1 Å². The number of halogens is 1. The largest absolute Gasteiger partial charge is 0.368 e. The monoisotopic (exact) mass is 331 g/mol. The molecule has 1 aromatic carbocycles. The van der Waals surface area contributed by atoms with Gasteiger partial charge in [-0.3, -0.25) is 4.79 Å². The van der Waals surface area contributed by atoms with Gasteiger partial charge in [0, 0.05) is 11.4 Å². The third-order valence-corrected chi connectivity index (χ3v) is 4.22. The predicted octanol–water partition coefficient (Wildman–Crippen LogP) is 3.53. The summed E-state index contributed by atoms with van der Waals surface area (Å²) in [6.45, 7) is 3.74. The van der Waals surface area contributed by atoms with Gasteiger partial charge in [-0.15, -0.1) is 0 Å². The fourth-order valence-corrected chi connectivity index (χ4v) is 3.07. The smallest absolute Gasteiger partial charge is 0.250 e. The minimum atomic E-state index is -0.435. The molecule has 0 aliphatic heterocycles. The van der Waals surface area contributed by atoms with Crippen molar-refractivity contribution in [2.45, 2.75) is 45.6 Å². The lowest BCUT2D eigenvalue weighted by Gasteiger charge is -2.12. The number of carbonyl (C=O) groups excluding carboxylic acids is 1. The maximum absolute atomic E-state index is 14.4. The molecule has 5 nitrogen and oxygen atoms in total. The van der Waals surface area contributed by atoms with E-state index in [4.69, 9.17) is 4.74 Å². The number of hydrogen-bond donors (Lipinski definition) is 1. The standard InChI is InChI=1S/C18H22FN3O2/c1-12-9-13(2)22(21-12)17-8-7-14(10-16(17)19)20-18(23)11-24-15-5-3-4-6-15/h7-10,15H,3-6,11H2,1-2H3,(H,20,23). The molecule has 6 heteroatoms. The van der Waals surface area contributed by atoms with Crippen LogP contribution in [-0.2, 0) is 9.53 Å². The molecular weight excluding hydrogens is 309 g/mol. The molecule has 0 saturated heterocycles. The van der Waals surface area contributed by atoms with Crippen molar-refractivity contribution in [2.24, 2.45) is 0 Å². The number of aromatic nitrogens is 2. The van der Waals surface area contributed by atoms with E-state index >= 15 is 0 Å². The number of amides is 1. The zero-order valence-electron chi connectivity index (χ0n) is 14.0. The number of aryl methyl sites for hydroxylation is 2. The first-order valence-corrected chi connectivity index (χ1v) is 8.27. The molecule has 1 fully saturated rings. The average molecular weight is 331 g/mol. The van der Waals surface area contributed by atoms with Crippen LogP contribution < -0.4 is 5.32 Å². The number of carbonyl (C=O) groups is 1. The van der Waals surface area contributed by atoms with Crippen molar-refractivity contribution in [1.82, 2.24) is 9.78 Å². The van der Waals surface area contributed by atoms with E-state index in [2.05, 4.69) is 10.4 Å². The van der Waals surface area contributed by atoms with Crippen molar-refractivity contribution < 1.29 is 13.9 Å². The quantitative estimate of drug-likeness (QED) is 0.912. The van der Waals surface area contributed by atoms with Crippen molar-refractivity contribution in [1.29, 1.82) is 0 Å². The fourth-order valence-electron chi connectivity index (χ4n) is 3.07. The SMILES string of the molecule is Cc1cc(C)n(-c2ccc(NC(=O)COC3CCCC3)cc2F)n1. The first-order valence-electron chi connectivity index (χ1n) is 8.27. The molecule has 1 heterocycles. The number of hydrogen-bond acceptors (Lipinski definition) is 3. The topological polar surface area (TPSA) is 56.2 Å². The van der Waals surface area contributed by atoms with Crippen LogP contribution in [0.2, 0.25) is 0 Å². The van der Waals surface area contributed by atoms with Gasteiger partial charge >= 0.3 is 0 Å². The minimum absolute atomic E-state index is 0.00545. The number of nitrogens with zero attached hydrogens (tertiary/aromatic N) is 2. The number of benzene rings is 1. The van der Waals surface area contributed by atoms with Crippen LogP contribution in [0.5, 0.6) is 0 Å². The summed E-state index contributed by atoms with van der Waals surface area (Å²) >= 11 is 0. The zero-order chi connectivity index (χ0) is 17.1. The van der Waals surface area contributed by atoms with Gasteiger partial charge in [0.15, 0.2) is 5.82 Å². The lowest BCUT2D eigenvalue weighted by molar-refractivity contribution is -0.122. The molecule has 2 aromatic rings. The Bertz CT molecular complexity index is 736. The molecular formula is C18H22FN3O2. The highest BCUT2D eigenvalue weighted by atomic mass is 19.1. The number of nitrogens with one attached hydrogen (secondary N) is 1. The summed E-state index contributed by atoms with van der Waals surface area (Å²) in [5, 5.41) is 6.95. The Balaban J connectivity index is 1.63. The van der Waals surface area contributed by atoms with E-state index in [1.807, 2.05) is 19.9 Å². The van der Waals surface area contributed by atoms with Gasteiger partial charge in [0.05, 0.1) is 11.8 Å². The van der Waals surface area contributed by atoms with Crippen molar-refractivity contribution in [3.05, 3.63) is 41.5 Å². The molecule has 1 aliphatic rings. The van der Waals surface area contributed by atoms with Crippen LogP contribution in [0.15, 0.2) is 24.3 Å². The molecule has 1 saturated carbocycles. The van der Waals surface area contributed by atoms with Gasteiger partial charge in [0.2, 0.25) is 5.91 Å². The molecule has 24 heavy (non-hydrogen) atoms. The zero-order valence-corrected chi connectivity index (χ0v) is 14.0. The third-order valence-electron chi connectivity index (χ3n) is 4.22. The highest BCUT2D eigenvalue weighted by molar-refractivity contribution is 5.91. The molecule has 0 radical (unpaired) electrons. The van der Waals surface area contributed by atoms with Crippen LogP contribution in [0.25, 0.3) is 5.69 Å². The van der Waals surface area contributed by atoms with E-state index in [1.54, 1.807) is 16.8 Å². The van der Waals surface area contributed by atoms with Crippen molar-refractivity contribution in [3.63, 3.8) is 0 Å². The summed E-state index contributed by atoms with van der Waals surface area (Å²) < 4.78 is 21.5. The van der Waals surface area contributed by atoms with E-state index in [1.165, 1.54) is 6.07 Å². The molecule has 1 amide bonds. The van der Waals surface area contributed by atoms with Crippen molar-refractivity contribution in [2.75, 3.05) is 11.9 Å². The molecule has 0 spiro atoms. The summed E-state index contributed by atoms with van der Waals surface area (Å²) in [6.07, 6.45) is 4.52. The number of ether oxygens (including phenoxy) is 1. The van der Waals surface area contributed by atoms with Crippen molar-refractivity contribution >= 4 is 11.6 Å². The maximum atomic E-state index is 14.4. The van der Waals surface area contributed by atoms with Crippen LogP contribution in [0, 0.1) is 19.7 Å². The molecule has 0 atom stereocenters. The number of anilines is 1. The molecule has 1 aromatic heterocycles. The van der Waals surface area contributed by atoms with Crippen LogP contribution in [-0.4, -0.2) is 28.4 Å². The lowest BCUT2D eigenvalue weighted by Crippen LogP contribution is -2.22. The summed E-state index contributed by atoms with van der Waals surface area (Å²) in [4.78, 5) is 11.9. The number of rotatable bonds is 5. The first-order chi connectivity index (χ1) is 11.5. The van der Waals surface area contributed by atoms with Crippen LogP contribution >= 0.6 is 0 Å². The fraction of sp³-hybridized carbons (Fsp3) is 0.444. The highest BCUT2D eigenvalue weighted by Crippen LogP contribution is 2.22. The Labute approximate surface area is 140 Å². The summed E-state index contributed by atoms with van der Waals surface area (Å²) in [5.74, 6) is -0.698. The predicted molar refractivity (Wildman–Crippen MR) is 89.8 cm³/mol. The summed E-state index contributed by atoms with van der Waals surface area (Å²) in [5.41, 5.74) is 2.46. The van der Waals surface area contributed by atoms with Gasteiger partial charge in [-0.2, -0.15) is 5.10 Å². The molecule has 0 bridgehead atoms. The Hall–Kier alpha value is -2.21. The Kier molecular flexibility index (Phi) is 4.94. The van der Waals surface area contributed by atoms with E-state index < -0.39 is 5.82 Å². The van der Waals surface area contributed by atoms with Gasteiger partial charge in [-0.1, -0.05) is 12.8 Å². The van der Waals surface area contributed by atoms with Crippen LogP contribution in [0.3, 0.4) is 0 Å². The first kappa shape index (κ1) is 16.6. The van der Waals surface area contributed by atoms with Gasteiger partial charge in [0.25, 0.3) is 0 Å². The van der Waals surface area contributed by atoms with E-state index in [9.17, 15) is 9.18 Å². The average Bonchev–Trinajstić information content (AvgIpc) is 3.15. The van der Waals surface area contributed by atoms with Gasteiger partial charge in [-0.25, -0.2) is 9.07 Å². The van der Waals surface area contributed by atoms with Gasteiger partial charge in [0.1, 0.15) is 12.3 Å².